The maximum atomic E-state index is 12.5. The maximum Gasteiger partial charge on any atom is 0.256 e. The van der Waals surface area contributed by atoms with Gasteiger partial charge in [0.1, 0.15) is 5.82 Å². The van der Waals surface area contributed by atoms with Crippen molar-refractivity contribution in [1.29, 1.82) is 0 Å². The molecule has 0 saturated carbocycles. The molecule has 5 rings (SSSR count). The molecular formula is C25H32N6O2. The summed E-state index contributed by atoms with van der Waals surface area (Å²) in [4.78, 5) is 31.8. The summed E-state index contributed by atoms with van der Waals surface area (Å²) in [5.41, 5.74) is 1.07. The zero-order chi connectivity index (χ0) is 22.6. The van der Waals surface area contributed by atoms with Crippen LogP contribution in [-0.4, -0.2) is 79.4 Å². The lowest BCUT2D eigenvalue weighted by Gasteiger charge is -2.34. The summed E-state index contributed by atoms with van der Waals surface area (Å²) >= 11 is 0. The number of morpholine rings is 1. The van der Waals surface area contributed by atoms with Crippen molar-refractivity contribution in [3.8, 4) is 0 Å². The predicted molar refractivity (Wildman–Crippen MR) is 131 cm³/mol. The quantitative estimate of drug-likeness (QED) is 0.621. The Morgan fingerprint density at radius 3 is 2.91 bits per heavy atom. The largest absolute Gasteiger partial charge is 0.378 e. The fourth-order valence-corrected chi connectivity index (χ4v) is 4.85. The van der Waals surface area contributed by atoms with Crippen molar-refractivity contribution >= 4 is 22.5 Å². The van der Waals surface area contributed by atoms with Gasteiger partial charge in [0.25, 0.3) is 5.56 Å². The summed E-state index contributed by atoms with van der Waals surface area (Å²) < 4.78 is 5.45. The Morgan fingerprint density at radius 1 is 1.18 bits per heavy atom. The van der Waals surface area contributed by atoms with Crippen molar-refractivity contribution in [2.75, 3.05) is 69.3 Å². The van der Waals surface area contributed by atoms with Gasteiger partial charge in [0.2, 0.25) is 5.95 Å². The number of nitrogens with one attached hydrogen (secondary N) is 1. The molecule has 174 valence electrons. The molecule has 0 radical (unpaired) electrons. The summed E-state index contributed by atoms with van der Waals surface area (Å²) in [6.07, 6.45) is 4.08. The van der Waals surface area contributed by atoms with Crippen molar-refractivity contribution in [3.05, 3.63) is 58.6 Å². The van der Waals surface area contributed by atoms with Crippen LogP contribution < -0.4 is 15.4 Å². The fraction of sp³-hybridized carbons (Fsp3) is 0.480. The summed E-state index contributed by atoms with van der Waals surface area (Å²) in [7, 11) is 2.06. The smallest absolute Gasteiger partial charge is 0.256 e. The zero-order valence-electron chi connectivity index (χ0n) is 19.2. The Bertz CT molecular complexity index is 1140. The van der Waals surface area contributed by atoms with Crippen molar-refractivity contribution in [1.82, 2.24) is 19.9 Å². The molecular weight excluding hydrogens is 416 g/mol. The van der Waals surface area contributed by atoms with E-state index in [2.05, 4.69) is 37.8 Å². The third-order valence-corrected chi connectivity index (χ3v) is 6.78. The average molecular weight is 449 g/mol. The van der Waals surface area contributed by atoms with Crippen molar-refractivity contribution in [3.63, 3.8) is 0 Å². The molecule has 0 amide bonds. The van der Waals surface area contributed by atoms with Crippen molar-refractivity contribution < 1.29 is 4.74 Å². The number of anilines is 2. The van der Waals surface area contributed by atoms with E-state index in [0.29, 0.717) is 5.92 Å². The lowest BCUT2D eigenvalue weighted by atomic mass is 9.93. The van der Waals surface area contributed by atoms with Gasteiger partial charge in [-0.15, -0.1) is 0 Å². The number of benzene rings is 1. The van der Waals surface area contributed by atoms with E-state index in [9.17, 15) is 4.79 Å². The van der Waals surface area contributed by atoms with Gasteiger partial charge in [0.15, 0.2) is 0 Å². The van der Waals surface area contributed by atoms with E-state index in [1.165, 1.54) is 0 Å². The molecule has 8 heteroatoms. The first kappa shape index (κ1) is 21.9. The number of likely N-dealkylation sites (N-methyl/N-ethyl adjacent to an activating group) is 1. The van der Waals surface area contributed by atoms with E-state index < -0.39 is 0 Å². The van der Waals surface area contributed by atoms with Crippen LogP contribution >= 0.6 is 0 Å². The van der Waals surface area contributed by atoms with Crippen LogP contribution in [0, 0.1) is 0 Å². The number of rotatable bonds is 6. The number of aromatic nitrogens is 3. The van der Waals surface area contributed by atoms with Gasteiger partial charge in [0.05, 0.1) is 13.2 Å². The van der Waals surface area contributed by atoms with E-state index in [1.807, 2.05) is 36.5 Å². The molecule has 0 spiro atoms. The topological polar surface area (TPSA) is 77.6 Å². The molecule has 33 heavy (non-hydrogen) atoms. The lowest BCUT2D eigenvalue weighted by Crippen LogP contribution is -2.40. The van der Waals surface area contributed by atoms with E-state index in [1.54, 1.807) is 0 Å². The predicted octanol–water partition coefficient (Wildman–Crippen LogP) is 2.47. The molecule has 1 atom stereocenters. The highest BCUT2D eigenvalue weighted by atomic mass is 16.5. The lowest BCUT2D eigenvalue weighted by molar-refractivity contribution is 0.122. The zero-order valence-corrected chi connectivity index (χ0v) is 19.2. The standard InChI is InChI=1S/C25H32N6O2/c1-29(25-26-9-8-23(28-25)31-13-15-33-16-14-31)11-12-30-10-4-6-20(18-30)22-17-19-5-2-3-7-21(19)24(32)27-22/h2-3,5,7-9,17,20H,4,6,10-16,18H2,1H3,(H,27,32). The van der Waals surface area contributed by atoms with Crippen molar-refractivity contribution in [2.24, 2.45) is 0 Å². The number of likely N-dealkylation sites (tertiary alicyclic amines) is 1. The minimum atomic E-state index is 0.0113. The number of fused-ring (bicyclic) bond motifs is 1. The first-order valence-corrected chi connectivity index (χ1v) is 11.9. The van der Waals surface area contributed by atoms with Gasteiger partial charge >= 0.3 is 0 Å². The average Bonchev–Trinajstić information content (AvgIpc) is 2.88. The Hall–Kier alpha value is -2.97. The molecule has 1 unspecified atom stereocenters. The van der Waals surface area contributed by atoms with Crippen LogP contribution in [0.3, 0.4) is 0 Å². The number of pyridine rings is 1. The molecule has 3 aromatic rings. The first-order chi connectivity index (χ1) is 16.2. The molecule has 2 aliphatic rings. The van der Waals surface area contributed by atoms with E-state index in [-0.39, 0.29) is 5.56 Å². The molecule has 0 aliphatic carbocycles. The SMILES string of the molecule is CN(CCN1CCCC(c2cc3ccccc3c(=O)[nH]2)C1)c1nccc(N2CCOCC2)n1. The van der Waals surface area contributed by atoms with Gasteiger partial charge in [0, 0.05) is 63.0 Å². The number of aromatic amines is 1. The molecule has 2 saturated heterocycles. The molecule has 2 aromatic heterocycles. The molecule has 4 heterocycles. The van der Waals surface area contributed by atoms with Crippen LogP contribution in [0.2, 0.25) is 0 Å². The van der Waals surface area contributed by atoms with Crippen LogP contribution in [0.4, 0.5) is 11.8 Å². The Labute approximate surface area is 194 Å². The van der Waals surface area contributed by atoms with Gasteiger partial charge in [-0.05, 0) is 43.0 Å². The second-order valence-corrected chi connectivity index (χ2v) is 9.02. The van der Waals surface area contributed by atoms with Crippen LogP contribution in [0.25, 0.3) is 10.8 Å². The first-order valence-electron chi connectivity index (χ1n) is 11.9. The number of piperidine rings is 1. The number of nitrogens with zero attached hydrogens (tertiary/aromatic N) is 5. The van der Waals surface area contributed by atoms with E-state index in [4.69, 9.17) is 9.72 Å². The third kappa shape index (κ3) is 5.02. The fourth-order valence-electron chi connectivity index (χ4n) is 4.85. The van der Waals surface area contributed by atoms with Gasteiger partial charge < -0.3 is 24.4 Å². The summed E-state index contributed by atoms with van der Waals surface area (Å²) in [6.45, 7) is 7.05. The maximum absolute atomic E-state index is 12.5. The van der Waals surface area contributed by atoms with Crippen LogP contribution in [0.15, 0.2) is 47.4 Å². The highest BCUT2D eigenvalue weighted by molar-refractivity contribution is 5.81. The normalized spacial score (nSPS) is 19.7. The molecule has 1 aromatic carbocycles. The second kappa shape index (κ2) is 9.89. The second-order valence-electron chi connectivity index (χ2n) is 9.02. The molecule has 1 N–H and O–H groups in total. The van der Waals surface area contributed by atoms with Crippen molar-refractivity contribution in [2.45, 2.75) is 18.8 Å². The molecule has 8 nitrogen and oxygen atoms in total. The highest BCUT2D eigenvalue weighted by Crippen LogP contribution is 2.26. The highest BCUT2D eigenvalue weighted by Gasteiger charge is 2.23. The minimum Gasteiger partial charge on any atom is -0.378 e. The number of H-pyrrole nitrogens is 1. The number of ether oxygens (including phenoxy) is 1. The van der Waals surface area contributed by atoms with Gasteiger partial charge in [-0.3, -0.25) is 4.79 Å². The van der Waals surface area contributed by atoms with Gasteiger partial charge in [-0.2, -0.15) is 4.98 Å². The van der Waals surface area contributed by atoms with Crippen LogP contribution in [0.5, 0.6) is 0 Å². The number of hydrogen-bond donors (Lipinski definition) is 1. The molecule has 2 aliphatic heterocycles. The third-order valence-electron chi connectivity index (χ3n) is 6.78. The summed E-state index contributed by atoms with van der Waals surface area (Å²) in [6, 6.07) is 11.9. The Kier molecular flexibility index (Phi) is 6.55. The van der Waals surface area contributed by atoms with Gasteiger partial charge in [-0.25, -0.2) is 4.98 Å². The minimum absolute atomic E-state index is 0.0113. The summed E-state index contributed by atoms with van der Waals surface area (Å²) in [5.74, 6) is 2.07. The van der Waals surface area contributed by atoms with Gasteiger partial charge in [-0.1, -0.05) is 18.2 Å². The summed E-state index contributed by atoms with van der Waals surface area (Å²) in [5, 5.41) is 1.78. The molecule has 2 fully saturated rings. The number of hydrogen-bond acceptors (Lipinski definition) is 7. The monoisotopic (exact) mass is 448 g/mol. The van der Waals surface area contributed by atoms with Crippen LogP contribution in [-0.2, 0) is 4.74 Å². The Balaban J connectivity index is 1.21. The molecule has 0 bridgehead atoms. The van der Waals surface area contributed by atoms with Crippen LogP contribution in [0.1, 0.15) is 24.5 Å². The van der Waals surface area contributed by atoms with E-state index in [0.717, 1.165) is 93.6 Å². The van der Waals surface area contributed by atoms with E-state index >= 15 is 0 Å². The Morgan fingerprint density at radius 2 is 2.03 bits per heavy atom.